The van der Waals surface area contributed by atoms with Gasteiger partial charge in [0.05, 0.1) is 29.5 Å². The van der Waals surface area contributed by atoms with Crippen molar-refractivity contribution < 1.29 is 17.5 Å². The third-order valence-electron chi connectivity index (χ3n) is 5.14. The van der Waals surface area contributed by atoms with E-state index in [1.165, 1.54) is 16.4 Å². The van der Waals surface area contributed by atoms with Gasteiger partial charge in [-0.05, 0) is 24.6 Å². The highest BCUT2D eigenvalue weighted by atomic mass is 32.2. The van der Waals surface area contributed by atoms with Crippen LogP contribution >= 0.6 is 0 Å². The number of hydrogen-bond acceptors (Lipinski definition) is 5. The van der Waals surface area contributed by atoms with Gasteiger partial charge in [0.1, 0.15) is 11.9 Å². The van der Waals surface area contributed by atoms with Crippen LogP contribution in [0.3, 0.4) is 0 Å². The Hall–Kier alpha value is -1.69. The van der Waals surface area contributed by atoms with Gasteiger partial charge in [-0.15, -0.1) is 0 Å². The molecule has 3 aliphatic heterocycles. The topological polar surface area (TPSA) is 96.4 Å². The Kier molecular flexibility index (Phi) is 3.17. The first kappa shape index (κ1) is 14.9. The van der Waals surface area contributed by atoms with Crippen molar-refractivity contribution in [2.45, 2.75) is 36.6 Å². The van der Waals surface area contributed by atoms with Crippen molar-refractivity contribution in [1.82, 2.24) is 0 Å². The molecule has 0 saturated carbocycles. The largest absolute Gasteiger partial charge is 0.371 e. The summed E-state index contributed by atoms with van der Waals surface area (Å²) in [5.74, 6) is -0.154. The van der Waals surface area contributed by atoms with E-state index in [4.69, 9.17) is 15.7 Å². The minimum Gasteiger partial charge on any atom is -0.371 e. The molecule has 3 saturated heterocycles. The summed E-state index contributed by atoms with van der Waals surface area (Å²) in [5, 5.41) is 8.40. The molecule has 5 atom stereocenters. The third-order valence-corrected chi connectivity index (χ3v) is 7.45. The molecule has 2 bridgehead atoms. The molecule has 0 amide bonds. The van der Waals surface area contributed by atoms with Crippen LogP contribution in [0.4, 0.5) is 10.1 Å². The Bertz CT molecular complexity index is 807. The predicted molar refractivity (Wildman–Crippen MR) is 80.8 cm³/mol. The lowest BCUT2D eigenvalue weighted by Gasteiger charge is -2.22. The average molecular weight is 337 g/mol. The van der Waals surface area contributed by atoms with Crippen LogP contribution in [-0.4, -0.2) is 38.5 Å². The lowest BCUT2D eigenvalue weighted by molar-refractivity contribution is 0.0881. The van der Waals surface area contributed by atoms with E-state index in [0.717, 1.165) is 0 Å². The van der Waals surface area contributed by atoms with Crippen molar-refractivity contribution in [1.29, 1.82) is 5.26 Å². The maximum absolute atomic E-state index is 13.1. The molecule has 3 heterocycles. The zero-order valence-corrected chi connectivity index (χ0v) is 13.0. The van der Waals surface area contributed by atoms with E-state index in [9.17, 15) is 12.8 Å². The number of fused-ring (bicyclic) bond motifs is 5. The van der Waals surface area contributed by atoms with Gasteiger partial charge in [0.25, 0.3) is 0 Å². The van der Waals surface area contributed by atoms with Gasteiger partial charge in [-0.25, -0.2) is 12.8 Å². The zero-order valence-electron chi connectivity index (χ0n) is 12.2. The molecular formula is C15H16FN3O3S. The molecule has 4 rings (SSSR count). The molecule has 0 aromatic heterocycles. The van der Waals surface area contributed by atoms with E-state index >= 15 is 0 Å². The third kappa shape index (κ3) is 1.94. The Balaban J connectivity index is 1.73. The molecule has 23 heavy (non-hydrogen) atoms. The molecular weight excluding hydrogens is 321 g/mol. The molecule has 122 valence electrons. The number of nitriles is 1. The van der Waals surface area contributed by atoms with E-state index in [2.05, 4.69) is 0 Å². The summed E-state index contributed by atoms with van der Waals surface area (Å²) < 4.78 is 45.9. The number of benzene rings is 1. The maximum Gasteiger partial charge on any atom is 0.241 e. The molecule has 0 radical (unpaired) electrons. The minimum absolute atomic E-state index is 0.126. The van der Waals surface area contributed by atoms with Gasteiger partial charge in [0.2, 0.25) is 10.0 Å². The molecule has 0 aliphatic carbocycles. The van der Waals surface area contributed by atoms with Crippen molar-refractivity contribution in [3.63, 3.8) is 0 Å². The van der Waals surface area contributed by atoms with E-state index in [1.807, 2.05) is 6.07 Å². The fourth-order valence-corrected chi connectivity index (χ4v) is 6.45. The summed E-state index contributed by atoms with van der Waals surface area (Å²) in [6, 6.07) is 6.25. The summed E-state index contributed by atoms with van der Waals surface area (Å²) >= 11 is 0. The van der Waals surface area contributed by atoms with Gasteiger partial charge in [-0.2, -0.15) is 5.26 Å². The fourth-order valence-electron chi connectivity index (χ4n) is 4.12. The van der Waals surface area contributed by atoms with E-state index < -0.39 is 21.9 Å². The summed E-state index contributed by atoms with van der Waals surface area (Å²) in [4.78, 5) is 0. The van der Waals surface area contributed by atoms with Crippen LogP contribution in [0, 0.1) is 17.2 Å². The zero-order chi connectivity index (χ0) is 16.4. The smallest absolute Gasteiger partial charge is 0.241 e. The van der Waals surface area contributed by atoms with Gasteiger partial charge in [-0.1, -0.05) is 0 Å². The fraction of sp³-hybridized carbons (Fsp3) is 0.533. The summed E-state index contributed by atoms with van der Waals surface area (Å²) in [7, 11) is -3.57. The number of hydrogen-bond donors (Lipinski definition) is 1. The minimum atomic E-state index is -3.57. The number of halogens is 1. The molecule has 0 spiro atoms. The van der Waals surface area contributed by atoms with Gasteiger partial charge in [0, 0.05) is 24.1 Å². The number of nitrogens with zero attached hydrogens (tertiary/aromatic N) is 2. The highest BCUT2D eigenvalue weighted by Crippen LogP contribution is 2.48. The summed E-state index contributed by atoms with van der Waals surface area (Å²) in [6.07, 6.45) is -0.0278. The number of nitrogens with two attached hydrogens (primary N) is 1. The van der Waals surface area contributed by atoms with E-state index in [0.29, 0.717) is 18.7 Å². The van der Waals surface area contributed by atoms with Gasteiger partial charge in [0.15, 0.2) is 0 Å². The van der Waals surface area contributed by atoms with Crippen molar-refractivity contribution in [3.8, 4) is 6.07 Å². The Morgan fingerprint density at radius 3 is 2.96 bits per heavy atom. The first-order chi connectivity index (χ1) is 11.0. The van der Waals surface area contributed by atoms with Crippen molar-refractivity contribution in [2.24, 2.45) is 11.7 Å². The summed E-state index contributed by atoms with van der Waals surface area (Å²) in [5.41, 5.74) is 6.83. The molecule has 8 heteroatoms. The second-order valence-electron chi connectivity index (χ2n) is 6.33. The second-order valence-corrected chi connectivity index (χ2v) is 8.35. The Morgan fingerprint density at radius 2 is 2.26 bits per heavy atom. The normalized spacial score (nSPS) is 36.9. The molecule has 3 fully saturated rings. The van der Waals surface area contributed by atoms with Crippen molar-refractivity contribution in [2.75, 3.05) is 10.8 Å². The van der Waals surface area contributed by atoms with Crippen LogP contribution in [-0.2, 0) is 21.4 Å². The molecule has 2 N–H and O–H groups in total. The highest BCUT2D eigenvalue weighted by molar-refractivity contribution is 7.93. The van der Waals surface area contributed by atoms with E-state index in [-0.39, 0.29) is 35.3 Å². The maximum atomic E-state index is 13.1. The average Bonchev–Trinajstić information content (AvgIpc) is 3.16. The second kappa shape index (κ2) is 4.90. The van der Waals surface area contributed by atoms with Gasteiger partial charge >= 0.3 is 0 Å². The quantitative estimate of drug-likeness (QED) is 0.855. The van der Waals surface area contributed by atoms with Gasteiger partial charge < -0.3 is 10.5 Å². The van der Waals surface area contributed by atoms with Crippen LogP contribution in [0.2, 0.25) is 0 Å². The van der Waals surface area contributed by atoms with Crippen LogP contribution in [0.25, 0.3) is 0 Å². The molecule has 0 unspecified atom stereocenters. The number of rotatable bonds is 2. The van der Waals surface area contributed by atoms with Crippen LogP contribution < -0.4 is 10.0 Å². The Labute approximate surface area is 133 Å². The lowest BCUT2D eigenvalue weighted by Crippen LogP contribution is -2.44. The number of ether oxygens (including phenoxy) is 1. The molecule has 6 nitrogen and oxygen atoms in total. The number of sulfonamides is 1. The number of alkyl halides is 1. The first-order valence-corrected chi connectivity index (χ1v) is 8.99. The summed E-state index contributed by atoms with van der Waals surface area (Å²) in [6.45, 7) is -0.518. The van der Waals surface area contributed by atoms with Crippen LogP contribution in [0.15, 0.2) is 18.2 Å². The van der Waals surface area contributed by atoms with Gasteiger partial charge in [-0.3, -0.25) is 4.31 Å². The van der Waals surface area contributed by atoms with Crippen LogP contribution in [0.5, 0.6) is 0 Å². The molecule has 1 aromatic rings. The molecule has 3 aliphatic rings. The monoisotopic (exact) mass is 337 g/mol. The van der Waals surface area contributed by atoms with Crippen molar-refractivity contribution in [3.05, 3.63) is 29.3 Å². The highest BCUT2D eigenvalue weighted by Gasteiger charge is 2.63. The molecule has 1 aromatic carbocycles. The predicted octanol–water partition coefficient (Wildman–Crippen LogP) is 0.661. The lowest BCUT2D eigenvalue weighted by atomic mass is 9.85. The first-order valence-electron chi connectivity index (χ1n) is 7.49. The van der Waals surface area contributed by atoms with E-state index in [1.54, 1.807) is 6.07 Å². The SMILES string of the molecule is N#Cc1ccc(N2C[C@H]3[C@@H]4O[C@@H](C[C@H]4N)[C@H]3S2(=O)=O)cc1CF. The van der Waals surface area contributed by atoms with Crippen LogP contribution in [0.1, 0.15) is 17.5 Å². The Morgan fingerprint density at radius 1 is 1.48 bits per heavy atom. The standard InChI is InChI=1S/C15H16FN3O3S/c16-5-9-3-10(2-1-8(9)6-17)19-7-11-14-12(18)4-13(22-14)15(11)23(19,20)21/h1-3,11-15H,4-5,7,18H2/t11-,12+,13-,14-,15-/m0/s1. The van der Waals surface area contributed by atoms with Crippen molar-refractivity contribution >= 4 is 15.7 Å². The number of anilines is 1.